The number of nitrogens with one attached hydrogen (secondary N) is 1. The molecule has 2 rings (SSSR count). The van der Waals surface area contributed by atoms with Crippen molar-refractivity contribution in [2.75, 3.05) is 6.54 Å². The van der Waals surface area contributed by atoms with Crippen LogP contribution < -0.4 is 11.1 Å². The highest BCUT2D eigenvalue weighted by Gasteiger charge is 2.22. The van der Waals surface area contributed by atoms with Crippen LogP contribution in [-0.2, 0) is 4.79 Å². The predicted molar refractivity (Wildman–Crippen MR) is 85.5 cm³/mol. The highest BCUT2D eigenvalue weighted by Crippen LogP contribution is 2.24. The van der Waals surface area contributed by atoms with Crippen LogP contribution in [0.15, 0.2) is 24.3 Å². The maximum atomic E-state index is 12.2. The molecule has 1 aromatic carbocycles. The molecule has 1 saturated carbocycles. The molecule has 0 heterocycles. The molecule has 3 heteroatoms. The molecule has 0 spiro atoms. The minimum atomic E-state index is 0.0379. The number of carbonyl (C=O) groups is 1. The second-order valence-corrected chi connectivity index (χ2v) is 5.69. The van der Waals surface area contributed by atoms with Crippen LogP contribution in [0.4, 0.5) is 0 Å². The monoisotopic (exact) mass is 284 g/mol. The summed E-state index contributed by atoms with van der Waals surface area (Å²) in [5, 5.41) is 3.13. The number of hydrogen-bond donors (Lipinski definition) is 2. The summed E-state index contributed by atoms with van der Waals surface area (Å²) in [6, 6.07) is 8.03. The fourth-order valence-electron chi connectivity index (χ4n) is 2.79. The van der Waals surface area contributed by atoms with Gasteiger partial charge in [0.25, 0.3) is 0 Å². The van der Waals surface area contributed by atoms with E-state index < -0.39 is 0 Å². The highest BCUT2D eigenvalue weighted by molar-refractivity contribution is 5.79. The minimum absolute atomic E-state index is 0.0379. The Kier molecular flexibility index (Phi) is 5.83. The second-order valence-electron chi connectivity index (χ2n) is 5.69. The number of nitrogens with two attached hydrogens (primary N) is 1. The van der Waals surface area contributed by atoms with Crippen molar-refractivity contribution < 1.29 is 4.79 Å². The van der Waals surface area contributed by atoms with Gasteiger partial charge in [-0.15, -0.1) is 0 Å². The first-order chi connectivity index (χ1) is 10.2. The van der Waals surface area contributed by atoms with E-state index >= 15 is 0 Å². The smallest absolute Gasteiger partial charge is 0.223 e. The molecule has 21 heavy (non-hydrogen) atoms. The Balaban J connectivity index is 1.93. The first kappa shape index (κ1) is 15.6. The molecular weight excluding hydrogens is 260 g/mol. The van der Waals surface area contributed by atoms with E-state index in [1.165, 1.54) is 19.3 Å². The summed E-state index contributed by atoms with van der Waals surface area (Å²) < 4.78 is 0. The van der Waals surface area contributed by atoms with Gasteiger partial charge in [0.15, 0.2) is 0 Å². The topological polar surface area (TPSA) is 55.1 Å². The van der Waals surface area contributed by atoms with Crippen LogP contribution in [0.25, 0.3) is 0 Å². The fourth-order valence-corrected chi connectivity index (χ4v) is 2.79. The normalized spacial score (nSPS) is 16.7. The lowest BCUT2D eigenvalue weighted by Crippen LogP contribution is -2.33. The minimum Gasteiger partial charge on any atom is -0.349 e. The summed E-state index contributed by atoms with van der Waals surface area (Å²) in [5.41, 5.74) is 7.42. The van der Waals surface area contributed by atoms with E-state index in [0.717, 1.165) is 24.0 Å². The van der Waals surface area contributed by atoms with Crippen molar-refractivity contribution in [1.82, 2.24) is 5.32 Å². The molecule has 1 atom stereocenters. The van der Waals surface area contributed by atoms with E-state index in [4.69, 9.17) is 5.73 Å². The molecule has 1 aliphatic rings. The molecule has 3 N–H and O–H groups in total. The van der Waals surface area contributed by atoms with Crippen molar-refractivity contribution in [3.05, 3.63) is 35.4 Å². The van der Waals surface area contributed by atoms with E-state index in [0.29, 0.717) is 6.54 Å². The third-order valence-corrected chi connectivity index (χ3v) is 4.08. The van der Waals surface area contributed by atoms with Crippen LogP contribution in [0.5, 0.6) is 0 Å². The molecule has 0 aromatic heterocycles. The van der Waals surface area contributed by atoms with Crippen molar-refractivity contribution in [1.29, 1.82) is 0 Å². The Morgan fingerprint density at radius 2 is 1.95 bits per heavy atom. The standard InChI is InChI=1S/C18H24N2O/c1-14(20-18(21)17-7-3-2-4-8-17)16-11-9-15(10-12-16)6-5-13-19/h9-12,14,17H,2-4,7-8,13,19H2,1H3,(H,20,21). The molecule has 1 fully saturated rings. The Labute approximate surface area is 127 Å². The van der Waals surface area contributed by atoms with Crippen LogP contribution in [-0.4, -0.2) is 12.5 Å². The van der Waals surface area contributed by atoms with Crippen LogP contribution >= 0.6 is 0 Å². The van der Waals surface area contributed by atoms with Gasteiger partial charge in [0.1, 0.15) is 0 Å². The van der Waals surface area contributed by atoms with Crippen molar-refractivity contribution in [2.24, 2.45) is 11.7 Å². The van der Waals surface area contributed by atoms with Crippen molar-refractivity contribution >= 4 is 5.91 Å². The van der Waals surface area contributed by atoms with E-state index in [9.17, 15) is 4.79 Å². The molecule has 1 aliphatic carbocycles. The summed E-state index contributed by atoms with van der Waals surface area (Å²) in [5.74, 6) is 6.24. The second kappa shape index (κ2) is 7.85. The number of benzene rings is 1. The van der Waals surface area contributed by atoms with E-state index in [1.54, 1.807) is 0 Å². The molecule has 0 bridgehead atoms. The van der Waals surface area contributed by atoms with Gasteiger partial charge in [0.2, 0.25) is 5.91 Å². The van der Waals surface area contributed by atoms with Crippen LogP contribution in [0.1, 0.15) is 56.2 Å². The van der Waals surface area contributed by atoms with Gasteiger partial charge < -0.3 is 11.1 Å². The van der Waals surface area contributed by atoms with Gasteiger partial charge in [-0.25, -0.2) is 0 Å². The Morgan fingerprint density at radius 3 is 2.57 bits per heavy atom. The van der Waals surface area contributed by atoms with E-state index in [2.05, 4.69) is 17.2 Å². The average molecular weight is 284 g/mol. The summed E-state index contributed by atoms with van der Waals surface area (Å²) in [6.45, 7) is 2.40. The number of carbonyl (C=O) groups excluding carboxylic acids is 1. The van der Waals surface area contributed by atoms with Gasteiger partial charge in [0, 0.05) is 11.5 Å². The van der Waals surface area contributed by atoms with E-state index in [-0.39, 0.29) is 17.9 Å². The highest BCUT2D eigenvalue weighted by atomic mass is 16.1. The first-order valence-corrected chi connectivity index (χ1v) is 7.80. The molecule has 112 valence electrons. The summed E-state index contributed by atoms with van der Waals surface area (Å²) in [6.07, 6.45) is 5.70. The summed E-state index contributed by atoms with van der Waals surface area (Å²) in [7, 11) is 0. The zero-order valence-electron chi connectivity index (χ0n) is 12.7. The largest absolute Gasteiger partial charge is 0.349 e. The zero-order valence-corrected chi connectivity index (χ0v) is 12.7. The first-order valence-electron chi connectivity index (χ1n) is 7.80. The molecule has 1 amide bonds. The van der Waals surface area contributed by atoms with E-state index in [1.807, 2.05) is 31.2 Å². The third kappa shape index (κ3) is 4.61. The molecule has 3 nitrogen and oxygen atoms in total. The van der Waals surface area contributed by atoms with Crippen molar-refractivity contribution in [2.45, 2.75) is 45.1 Å². The predicted octanol–water partition coefficient (Wildman–Crippen LogP) is 2.75. The zero-order chi connectivity index (χ0) is 15.1. The van der Waals surface area contributed by atoms with Crippen LogP contribution in [0.3, 0.4) is 0 Å². The SMILES string of the molecule is CC(NC(=O)C1CCCCC1)c1ccc(C#CCN)cc1. The van der Waals surface area contributed by atoms with Gasteiger partial charge >= 0.3 is 0 Å². The molecule has 0 saturated heterocycles. The molecule has 1 unspecified atom stereocenters. The third-order valence-electron chi connectivity index (χ3n) is 4.08. The fraction of sp³-hybridized carbons (Fsp3) is 0.500. The van der Waals surface area contributed by atoms with Gasteiger partial charge in [-0.05, 0) is 37.5 Å². The molecule has 0 radical (unpaired) electrons. The lowest BCUT2D eigenvalue weighted by Gasteiger charge is -2.23. The lowest BCUT2D eigenvalue weighted by atomic mass is 9.88. The van der Waals surface area contributed by atoms with Gasteiger partial charge in [-0.3, -0.25) is 4.79 Å². The van der Waals surface area contributed by atoms with Crippen molar-refractivity contribution in [3.63, 3.8) is 0 Å². The maximum absolute atomic E-state index is 12.2. The maximum Gasteiger partial charge on any atom is 0.223 e. The molecule has 1 aromatic rings. The number of hydrogen-bond acceptors (Lipinski definition) is 2. The van der Waals surface area contributed by atoms with Crippen molar-refractivity contribution in [3.8, 4) is 11.8 Å². The molecular formula is C18H24N2O. The summed E-state index contributed by atoms with van der Waals surface area (Å²) >= 11 is 0. The lowest BCUT2D eigenvalue weighted by molar-refractivity contribution is -0.126. The molecule has 0 aliphatic heterocycles. The quantitative estimate of drug-likeness (QED) is 0.839. The summed E-state index contributed by atoms with van der Waals surface area (Å²) in [4.78, 5) is 12.2. The number of amides is 1. The van der Waals surface area contributed by atoms with Crippen LogP contribution in [0.2, 0.25) is 0 Å². The average Bonchev–Trinajstić information content (AvgIpc) is 2.54. The Hall–Kier alpha value is -1.79. The Bertz CT molecular complexity index is 518. The van der Waals surface area contributed by atoms with Crippen LogP contribution in [0, 0.1) is 17.8 Å². The van der Waals surface area contributed by atoms with Gasteiger partial charge in [-0.1, -0.05) is 43.2 Å². The van der Waals surface area contributed by atoms with Gasteiger partial charge in [-0.2, -0.15) is 0 Å². The number of rotatable bonds is 3. The Morgan fingerprint density at radius 1 is 1.29 bits per heavy atom. The van der Waals surface area contributed by atoms with Gasteiger partial charge in [0.05, 0.1) is 12.6 Å².